The Hall–Kier alpha value is -1.02. The van der Waals surface area contributed by atoms with Gasteiger partial charge in [-0.3, -0.25) is 0 Å². The fraction of sp³-hybridized carbons (Fsp3) is 0.600. The predicted molar refractivity (Wildman–Crippen MR) is 69.3 cm³/mol. The van der Waals surface area contributed by atoms with E-state index in [9.17, 15) is 0 Å². The van der Waals surface area contributed by atoms with Gasteiger partial charge in [0.2, 0.25) is 0 Å². The number of aryl methyl sites for hydroxylation is 2. The van der Waals surface area contributed by atoms with Crippen LogP contribution in [0.5, 0.6) is 5.75 Å². The van der Waals surface area contributed by atoms with Crippen molar-refractivity contribution in [2.24, 2.45) is 5.73 Å². The Kier molecular flexibility index (Phi) is 2.83. The number of fused-ring (bicyclic) bond motifs is 1. The molecule has 92 valence electrons. The molecule has 0 unspecified atom stereocenters. The number of hydrogen-bond acceptors (Lipinski definition) is 2. The van der Waals surface area contributed by atoms with Gasteiger partial charge in [0.1, 0.15) is 11.4 Å². The SMILES string of the molecule is NCCC1(Oc2ccc3c(c2)CCC3)CCC1. The maximum Gasteiger partial charge on any atom is 0.120 e. The molecule has 0 amide bonds. The third kappa shape index (κ3) is 2.06. The quantitative estimate of drug-likeness (QED) is 0.864. The highest BCUT2D eigenvalue weighted by Crippen LogP contribution is 2.39. The van der Waals surface area contributed by atoms with Gasteiger partial charge in [-0.15, -0.1) is 0 Å². The minimum absolute atomic E-state index is 0.0571. The molecule has 0 atom stereocenters. The number of hydrogen-bond donors (Lipinski definition) is 1. The van der Waals surface area contributed by atoms with Crippen LogP contribution in [0.2, 0.25) is 0 Å². The lowest BCUT2D eigenvalue weighted by molar-refractivity contribution is -0.0125. The highest BCUT2D eigenvalue weighted by Gasteiger charge is 2.38. The van der Waals surface area contributed by atoms with Crippen LogP contribution in [0.1, 0.15) is 43.2 Å². The minimum atomic E-state index is 0.0571. The van der Waals surface area contributed by atoms with Crippen LogP contribution in [0.25, 0.3) is 0 Å². The Balaban J connectivity index is 1.76. The largest absolute Gasteiger partial charge is 0.487 e. The van der Waals surface area contributed by atoms with E-state index in [1.807, 2.05) is 0 Å². The van der Waals surface area contributed by atoms with Crippen LogP contribution >= 0.6 is 0 Å². The van der Waals surface area contributed by atoms with Crippen LogP contribution in [0, 0.1) is 0 Å². The standard InChI is InChI=1S/C15H21NO/c16-10-9-15(7-2-8-15)17-14-6-5-12-3-1-4-13(12)11-14/h5-6,11H,1-4,7-10,16H2. The topological polar surface area (TPSA) is 35.2 Å². The molecule has 2 N–H and O–H groups in total. The first-order chi connectivity index (χ1) is 8.31. The lowest BCUT2D eigenvalue weighted by Crippen LogP contribution is -2.44. The van der Waals surface area contributed by atoms with Gasteiger partial charge in [0.25, 0.3) is 0 Å². The van der Waals surface area contributed by atoms with Crippen LogP contribution < -0.4 is 10.5 Å². The van der Waals surface area contributed by atoms with Gasteiger partial charge >= 0.3 is 0 Å². The van der Waals surface area contributed by atoms with Crippen LogP contribution in [0.15, 0.2) is 18.2 Å². The zero-order valence-corrected chi connectivity index (χ0v) is 10.4. The first-order valence-corrected chi connectivity index (χ1v) is 6.82. The van der Waals surface area contributed by atoms with Gasteiger partial charge in [-0.05, 0) is 74.8 Å². The van der Waals surface area contributed by atoms with E-state index in [2.05, 4.69) is 18.2 Å². The van der Waals surface area contributed by atoms with Crippen molar-refractivity contribution in [3.63, 3.8) is 0 Å². The van der Waals surface area contributed by atoms with E-state index in [1.54, 1.807) is 0 Å². The average molecular weight is 231 g/mol. The lowest BCUT2D eigenvalue weighted by atomic mass is 9.77. The molecule has 0 radical (unpaired) electrons. The Morgan fingerprint density at radius 2 is 1.94 bits per heavy atom. The van der Waals surface area contributed by atoms with Gasteiger partial charge in [-0.25, -0.2) is 0 Å². The van der Waals surface area contributed by atoms with Gasteiger partial charge in [-0.2, -0.15) is 0 Å². The Morgan fingerprint density at radius 3 is 2.65 bits per heavy atom. The first-order valence-electron chi connectivity index (χ1n) is 6.82. The van der Waals surface area contributed by atoms with Gasteiger partial charge in [-0.1, -0.05) is 6.07 Å². The second-order valence-electron chi connectivity index (χ2n) is 5.46. The minimum Gasteiger partial charge on any atom is -0.487 e. The van der Waals surface area contributed by atoms with Gasteiger partial charge in [0.15, 0.2) is 0 Å². The van der Waals surface area contributed by atoms with Gasteiger partial charge in [0.05, 0.1) is 0 Å². The van der Waals surface area contributed by atoms with Crippen LogP contribution in [0.3, 0.4) is 0 Å². The molecular formula is C15H21NO. The predicted octanol–water partition coefficient (Wildman–Crippen LogP) is 2.83. The molecule has 3 rings (SSSR count). The van der Waals surface area contributed by atoms with Crippen molar-refractivity contribution in [2.75, 3.05) is 6.54 Å². The van der Waals surface area contributed by atoms with E-state index in [-0.39, 0.29) is 5.60 Å². The van der Waals surface area contributed by atoms with E-state index in [0.717, 1.165) is 18.7 Å². The van der Waals surface area contributed by atoms with Crippen molar-refractivity contribution in [2.45, 2.75) is 50.5 Å². The Labute approximate surface area is 103 Å². The summed E-state index contributed by atoms with van der Waals surface area (Å²) in [5.74, 6) is 1.05. The van der Waals surface area contributed by atoms with Crippen molar-refractivity contribution < 1.29 is 4.74 Å². The molecule has 1 aromatic carbocycles. The van der Waals surface area contributed by atoms with Crippen molar-refractivity contribution in [1.82, 2.24) is 0 Å². The fourth-order valence-corrected chi connectivity index (χ4v) is 3.10. The summed E-state index contributed by atoms with van der Waals surface area (Å²) in [5, 5.41) is 0. The molecule has 2 aliphatic rings. The highest BCUT2D eigenvalue weighted by molar-refractivity contribution is 5.38. The van der Waals surface area contributed by atoms with Crippen LogP contribution in [-0.4, -0.2) is 12.1 Å². The molecule has 0 aliphatic heterocycles. The summed E-state index contributed by atoms with van der Waals surface area (Å²) in [5.41, 5.74) is 8.75. The number of nitrogens with two attached hydrogens (primary N) is 1. The fourth-order valence-electron chi connectivity index (χ4n) is 3.10. The third-order valence-corrected chi connectivity index (χ3v) is 4.27. The normalized spacial score (nSPS) is 20.8. The Bertz CT molecular complexity index is 409. The summed E-state index contributed by atoms with van der Waals surface area (Å²) in [7, 11) is 0. The molecule has 1 aromatic rings. The maximum atomic E-state index is 6.22. The summed E-state index contributed by atoms with van der Waals surface area (Å²) in [6.07, 6.45) is 8.37. The molecule has 0 spiro atoms. The molecular weight excluding hydrogens is 210 g/mol. The first kappa shape index (κ1) is 11.1. The molecule has 1 saturated carbocycles. The molecule has 2 aliphatic carbocycles. The number of benzene rings is 1. The number of ether oxygens (including phenoxy) is 1. The monoisotopic (exact) mass is 231 g/mol. The smallest absolute Gasteiger partial charge is 0.120 e. The van der Waals surface area contributed by atoms with Crippen molar-refractivity contribution in [3.8, 4) is 5.75 Å². The molecule has 0 saturated heterocycles. The van der Waals surface area contributed by atoms with E-state index < -0.39 is 0 Å². The lowest BCUT2D eigenvalue weighted by Gasteiger charge is -2.42. The van der Waals surface area contributed by atoms with E-state index in [1.165, 1.54) is 49.7 Å². The van der Waals surface area contributed by atoms with Crippen molar-refractivity contribution in [3.05, 3.63) is 29.3 Å². The van der Waals surface area contributed by atoms with Crippen molar-refractivity contribution >= 4 is 0 Å². The summed E-state index contributed by atoms with van der Waals surface area (Å²) < 4.78 is 6.22. The number of rotatable bonds is 4. The second kappa shape index (κ2) is 4.34. The molecule has 0 aromatic heterocycles. The molecule has 2 heteroatoms. The second-order valence-corrected chi connectivity index (χ2v) is 5.46. The summed E-state index contributed by atoms with van der Waals surface area (Å²) in [6, 6.07) is 6.63. The van der Waals surface area contributed by atoms with E-state index in [4.69, 9.17) is 10.5 Å². The Morgan fingerprint density at radius 1 is 1.12 bits per heavy atom. The zero-order valence-electron chi connectivity index (χ0n) is 10.4. The van der Waals surface area contributed by atoms with Crippen LogP contribution in [-0.2, 0) is 12.8 Å². The molecule has 17 heavy (non-hydrogen) atoms. The summed E-state index contributed by atoms with van der Waals surface area (Å²) in [4.78, 5) is 0. The summed E-state index contributed by atoms with van der Waals surface area (Å²) in [6.45, 7) is 0.727. The highest BCUT2D eigenvalue weighted by atomic mass is 16.5. The molecule has 0 heterocycles. The zero-order chi connectivity index (χ0) is 11.7. The molecule has 0 bridgehead atoms. The maximum absolute atomic E-state index is 6.22. The van der Waals surface area contributed by atoms with Crippen molar-refractivity contribution in [1.29, 1.82) is 0 Å². The van der Waals surface area contributed by atoms with E-state index in [0.29, 0.717) is 0 Å². The van der Waals surface area contributed by atoms with Gasteiger partial charge < -0.3 is 10.5 Å². The third-order valence-electron chi connectivity index (χ3n) is 4.27. The average Bonchev–Trinajstić information content (AvgIpc) is 2.73. The van der Waals surface area contributed by atoms with Crippen LogP contribution in [0.4, 0.5) is 0 Å². The van der Waals surface area contributed by atoms with E-state index >= 15 is 0 Å². The molecule has 1 fully saturated rings. The van der Waals surface area contributed by atoms with Gasteiger partial charge in [0, 0.05) is 0 Å². The molecule has 2 nitrogen and oxygen atoms in total. The summed E-state index contributed by atoms with van der Waals surface area (Å²) >= 11 is 0.